The summed E-state index contributed by atoms with van der Waals surface area (Å²) in [5.41, 5.74) is 0. The van der Waals surface area contributed by atoms with Crippen LogP contribution in [0.3, 0.4) is 0 Å². The Morgan fingerprint density at radius 3 is 2.75 bits per heavy atom. The fourth-order valence-electron chi connectivity index (χ4n) is 1.66. The maximum absolute atomic E-state index is 11.5. The SMILES string of the molecule is CC(C)OC(=O)[C@H](C)NPOC1=CC[C@@H]([N+](=O)[O-])CC1. The highest BCUT2D eigenvalue weighted by molar-refractivity contribution is 7.30. The molecule has 114 valence electrons. The normalized spacial score (nSPS) is 20.8. The molecule has 1 unspecified atom stereocenters. The van der Waals surface area contributed by atoms with Crippen molar-refractivity contribution in [2.24, 2.45) is 0 Å². The van der Waals surface area contributed by atoms with E-state index in [1.807, 2.05) is 0 Å². The molecule has 0 spiro atoms. The molecule has 3 atom stereocenters. The zero-order chi connectivity index (χ0) is 15.1. The molecule has 0 radical (unpaired) electrons. The Kier molecular flexibility index (Phi) is 6.88. The van der Waals surface area contributed by atoms with Gasteiger partial charge in [-0.05, 0) is 26.8 Å². The zero-order valence-electron chi connectivity index (χ0n) is 11.9. The van der Waals surface area contributed by atoms with Crippen molar-refractivity contribution in [3.05, 3.63) is 21.9 Å². The van der Waals surface area contributed by atoms with Crippen molar-refractivity contribution in [2.75, 3.05) is 0 Å². The van der Waals surface area contributed by atoms with E-state index >= 15 is 0 Å². The van der Waals surface area contributed by atoms with E-state index in [9.17, 15) is 14.9 Å². The predicted molar refractivity (Wildman–Crippen MR) is 75.9 cm³/mol. The molecule has 0 aromatic heterocycles. The summed E-state index contributed by atoms with van der Waals surface area (Å²) in [6, 6.07) is -0.940. The van der Waals surface area contributed by atoms with Crippen LogP contribution in [0.1, 0.15) is 40.0 Å². The van der Waals surface area contributed by atoms with Gasteiger partial charge >= 0.3 is 5.97 Å². The van der Waals surface area contributed by atoms with Crippen molar-refractivity contribution in [1.82, 2.24) is 5.09 Å². The lowest BCUT2D eigenvalue weighted by Crippen LogP contribution is -2.32. The van der Waals surface area contributed by atoms with Gasteiger partial charge in [0.05, 0.1) is 11.9 Å². The number of nitrogens with one attached hydrogen (secondary N) is 1. The first-order valence-corrected chi connectivity index (χ1v) is 7.51. The number of nitro groups is 1. The van der Waals surface area contributed by atoms with Crippen LogP contribution in [0.4, 0.5) is 0 Å². The van der Waals surface area contributed by atoms with E-state index in [0.29, 0.717) is 19.3 Å². The number of hydrogen-bond donors (Lipinski definition) is 1. The molecule has 1 N–H and O–H groups in total. The molecule has 0 amide bonds. The first-order valence-electron chi connectivity index (χ1n) is 6.60. The summed E-state index contributed by atoms with van der Waals surface area (Å²) in [6.45, 7) is 5.29. The van der Waals surface area contributed by atoms with Crippen molar-refractivity contribution >= 4 is 14.9 Å². The third-order valence-electron chi connectivity index (χ3n) is 2.80. The maximum atomic E-state index is 11.5. The number of carbonyl (C=O) groups excluding carboxylic acids is 1. The Hall–Kier alpha value is -1.20. The van der Waals surface area contributed by atoms with Gasteiger partial charge in [-0.25, -0.2) is 0 Å². The van der Waals surface area contributed by atoms with Crippen LogP contribution in [-0.2, 0) is 14.1 Å². The van der Waals surface area contributed by atoms with E-state index in [-0.39, 0.29) is 26.0 Å². The molecular formula is C12H21N2O5P. The molecule has 0 aliphatic heterocycles. The lowest BCUT2D eigenvalue weighted by molar-refractivity contribution is -0.523. The molecule has 8 heteroatoms. The minimum Gasteiger partial charge on any atom is -0.466 e. The number of rotatable bonds is 7. The average Bonchev–Trinajstić information content (AvgIpc) is 2.38. The molecule has 20 heavy (non-hydrogen) atoms. The molecule has 1 rings (SSSR count). The van der Waals surface area contributed by atoms with Crippen LogP contribution in [0, 0.1) is 10.1 Å². The lowest BCUT2D eigenvalue weighted by atomic mass is 10.0. The van der Waals surface area contributed by atoms with E-state index in [2.05, 4.69) is 5.09 Å². The van der Waals surface area contributed by atoms with Gasteiger partial charge in [0.2, 0.25) is 6.04 Å². The van der Waals surface area contributed by atoms with Crippen molar-refractivity contribution < 1.29 is 19.0 Å². The van der Waals surface area contributed by atoms with Gasteiger partial charge in [0, 0.05) is 24.2 Å². The molecule has 0 fully saturated rings. The predicted octanol–water partition coefficient (Wildman–Crippen LogP) is 2.15. The van der Waals surface area contributed by atoms with Gasteiger partial charge in [0.1, 0.15) is 15.0 Å². The maximum Gasteiger partial charge on any atom is 0.323 e. The van der Waals surface area contributed by atoms with Crippen LogP contribution in [0.15, 0.2) is 11.8 Å². The summed E-state index contributed by atoms with van der Waals surface area (Å²) in [7, 11) is -0.0695. The molecule has 0 saturated heterocycles. The fourth-order valence-corrected chi connectivity index (χ4v) is 2.33. The molecule has 0 aromatic rings. The quantitative estimate of drug-likeness (QED) is 0.335. The smallest absolute Gasteiger partial charge is 0.323 e. The summed E-state index contributed by atoms with van der Waals surface area (Å²) < 4.78 is 10.5. The van der Waals surface area contributed by atoms with E-state index in [4.69, 9.17) is 9.26 Å². The molecule has 1 aliphatic carbocycles. The van der Waals surface area contributed by atoms with Crippen molar-refractivity contribution in [2.45, 2.75) is 58.2 Å². The lowest BCUT2D eigenvalue weighted by Gasteiger charge is -2.18. The van der Waals surface area contributed by atoms with E-state index in [1.165, 1.54) is 0 Å². The molecule has 0 aromatic carbocycles. The fraction of sp³-hybridized carbons (Fsp3) is 0.750. The molecule has 0 bridgehead atoms. The number of ether oxygens (including phenoxy) is 1. The van der Waals surface area contributed by atoms with E-state index < -0.39 is 12.1 Å². The van der Waals surface area contributed by atoms with Crippen LogP contribution in [0.25, 0.3) is 0 Å². The average molecular weight is 304 g/mol. The largest absolute Gasteiger partial charge is 0.466 e. The molecule has 1 aliphatic rings. The standard InChI is InChI=1S/C12H21N2O5P/c1-8(2)18-12(15)9(3)13-20-19-11-6-4-10(5-7-11)14(16)17/h6,8-10,13,20H,4-5,7H2,1-3H3/t9-,10+/m0/s1. The Labute approximate surface area is 120 Å². The van der Waals surface area contributed by atoms with Crippen molar-refractivity contribution in [3.63, 3.8) is 0 Å². The van der Waals surface area contributed by atoms with Crippen molar-refractivity contribution in [3.8, 4) is 0 Å². The summed E-state index contributed by atoms with van der Waals surface area (Å²) in [6.07, 6.45) is 3.07. The van der Waals surface area contributed by atoms with Crippen molar-refractivity contribution in [1.29, 1.82) is 0 Å². The highest BCUT2D eigenvalue weighted by Crippen LogP contribution is 2.25. The summed E-state index contributed by atoms with van der Waals surface area (Å²) >= 11 is 0. The van der Waals surface area contributed by atoms with Crippen LogP contribution in [0.2, 0.25) is 0 Å². The Morgan fingerprint density at radius 1 is 1.55 bits per heavy atom. The van der Waals surface area contributed by atoms with E-state index in [0.717, 1.165) is 5.76 Å². The topological polar surface area (TPSA) is 90.7 Å². The monoisotopic (exact) mass is 304 g/mol. The Bertz CT molecular complexity index is 386. The van der Waals surface area contributed by atoms with Crippen LogP contribution >= 0.6 is 8.96 Å². The third-order valence-corrected chi connectivity index (χ3v) is 3.72. The number of hydrogen-bond acceptors (Lipinski definition) is 6. The van der Waals surface area contributed by atoms with Crippen LogP contribution in [-0.4, -0.2) is 29.1 Å². The summed E-state index contributed by atoms with van der Waals surface area (Å²) in [5, 5.41) is 13.5. The highest BCUT2D eigenvalue weighted by Gasteiger charge is 2.24. The molecule has 0 saturated carbocycles. The highest BCUT2D eigenvalue weighted by atomic mass is 31.1. The minimum atomic E-state index is -0.501. The van der Waals surface area contributed by atoms with Gasteiger partial charge < -0.3 is 9.26 Å². The van der Waals surface area contributed by atoms with Gasteiger partial charge in [0.25, 0.3) is 0 Å². The number of carbonyl (C=O) groups is 1. The first kappa shape index (κ1) is 16.9. The second-order valence-corrected chi connectivity index (χ2v) is 5.64. The second kappa shape index (κ2) is 8.17. The van der Waals surface area contributed by atoms with Gasteiger partial charge in [-0.3, -0.25) is 20.0 Å². The molecule has 0 heterocycles. The molecule has 7 nitrogen and oxygen atoms in total. The van der Waals surface area contributed by atoms with Crippen LogP contribution in [0.5, 0.6) is 0 Å². The third kappa shape index (κ3) is 5.84. The number of nitrogens with zero attached hydrogens (tertiary/aromatic N) is 1. The number of allylic oxidation sites excluding steroid dienone is 1. The van der Waals surface area contributed by atoms with Gasteiger partial charge in [-0.15, -0.1) is 0 Å². The zero-order valence-corrected chi connectivity index (χ0v) is 12.9. The number of esters is 1. The van der Waals surface area contributed by atoms with Gasteiger partial charge in [0.15, 0.2) is 0 Å². The van der Waals surface area contributed by atoms with Gasteiger partial charge in [-0.1, -0.05) is 0 Å². The van der Waals surface area contributed by atoms with Crippen LogP contribution < -0.4 is 5.09 Å². The summed E-state index contributed by atoms with van der Waals surface area (Å²) in [4.78, 5) is 21.9. The second-order valence-electron chi connectivity index (χ2n) is 4.94. The Balaban J connectivity index is 2.25. The van der Waals surface area contributed by atoms with Gasteiger partial charge in [-0.2, -0.15) is 0 Å². The van der Waals surface area contributed by atoms with E-state index in [1.54, 1.807) is 26.8 Å². The molecular weight excluding hydrogens is 283 g/mol. The Morgan fingerprint density at radius 2 is 2.25 bits per heavy atom. The minimum absolute atomic E-state index is 0.0695. The first-order chi connectivity index (χ1) is 9.40. The summed E-state index contributed by atoms with van der Waals surface area (Å²) in [5.74, 6) is 0.431.